The minimum Gasteiger partial charge on any atom is -0.369 e. The fraction of sp³-hybridized carbons (Fsp3) is 0.571. The molecule has 0 atom stereocenters. The molecule has 100 valence electrons. The Bertz CT molecular complexity index is 293. The summed E-state index contributed by atoms with van der Waals surface area (Å²) in [4.78, 5) is 2.41. The van der Waals surface area contributed by atoms with Gasteiger partial charge >= 0.3 is 0 Å². The van der Waals surface area contributed by atoms with Crippen molar-refractivity contribution < 1.29 is 0 Å². The van der Waals surface area contributed by atoms with Gasteiger partial charge in [-0.05, 0) is 12.1 Å². The normalized spacial score (nSPS) is 19.9. The van der Waals surface area contributed by atoms with E-state index in [2.05, 4.69) is 51.2 Å². The van der Waals surface area contributed by atoms with Gasteiger partial charge in [0.05, 0.1) is 0 Å². The summed E-state index contributed by atoms with van der Waals surface area (Å²) in [6.45, 7) is 9.03. The van der Waals surface area contributed by atoms with E-state index in [9.17, 15) is 0 Å². The van der Waals surface area contributed by atoms with Gasteiger partial charge in [0.15, 0.2) is 0 Å². The van der Waals surface area contributed by atoms with Gasteiger partial charge in [-0.25, -0.2) is 0 Å². The number of rotatable bonds is 1. The summed E-state index contributed by atoms with van der Waals surface area (Å²) in [6, 6.07) is 10.6. The molecule has 0 radical (unpaired) electrons. The van der Waals surface area contributed by atoms with Crippen LogP contribution in [0.15, 0.2) is 30.3 Å². The molecular weight excluding hydrogens is 224 g/mol. The maximum absolute atomic E-state index is 3.34. The van der Waals surface area contributed by atoms with E-state index >= 15 is 0 Å². The largest absolute Gasteiger partial charge is 0.369 e. The number of anilines is 1. The Morgan fingerprint density at radius 3 is 1.67 bits per heavy atom. The first-order valence-corrected chi connectivity index (χ1v) is 6.89. The number of nitrogens with one attached hydrogen (secondary N) is 3. The van der Waals surface area contributed by atoms with Gasteiger partial charge in [-0.1, -0.05) is 18.2 Å². The lowest BCUT2D eigenvalue weighted by atomic mass is 10.2. The molecule has 0 unspecified atom stereocenters. The number of para-hydroxylation sites is 1. The Morgan fingerprint density at radius 1 is 0.667 bits per heavy atom. The van der Waals surface area contributed by atoms with Crippen LogP contribution in [0.3, 0.4) is 0 Å². The number of benzene rings is 1. The number of piperazine rings is 2. The van der Waals surface area contributed by atoms with Crippen molar-refractivity contribution in [1.29, 1.82) is 0 Å². The molecule has 3 N–H and O–H groups in total. The molecule has 2 fully saturated rings. The van der Waals surface area contributed by atoms with Crippen molar-refractivity contribution >= 4 is 5.69 Å². The van der Waals surface area contributed by atoms with Gasteiger partial charge in [-0.3, -0.25) is 0 Å². The average Bonchev–Trinajstić information content (AvgIpc) is 2.51. The molecule has 1 aromatic carbocycles. The van der Waals surface area contributed by atoms with Crippen molar-refractivity contribution in [3.63, 3.8) is 0 Å². The summed E-state index contributed by atoms with van der Waals surface area (Å²) >= 11 is 0. The van der Waals surface area contributed by atoms with Crippen molar-refractivity contribution in [2.24, 2.45) is 0 Å². The zero-order valence-corrected chi connectivity index (χ0v) is 11.0. The van der Waals surface area contributed by atoms with Crippen LogP contribution in [0.4, 0.5) is 5.69 Å². The molecule has 0 bridgehead atoms. The summed E-state index contributed by atoms with van der Waals surface area (Å²) in [7, 11) is 0. The van der Waals surface area contributed by atoms with E-state index in [1.165, 1.54) is 5.69 Å². The SMILES string of the molecule is C1CNCCN1.c1ccc(N2CCNCC2)cc1. The third-order valence-corrected chi connectivity index (χ3v) is 3.20. The summed E-state index contributed by atoms with van der Waals surface area (Å²) in [5, 5.41) is 9.79. The second kappa shape index (κ2) is 8.08. The topological polar surface area (TPSA) is 39.3 Å². The quantitative estimate of drug-likeness (QED) is 0.667. The van der Waals surface area contributed by atoms with E-state index in [1.54, 1.807) is 0 Å². The van der Waals surface area contributed by atoms with E-state index in [0.717, 1.165) is 52.4 Å². The molecule has 18 heavy (non-hydrogen) atoms. The maximum atomic E-state index is 3.34. The first-order valence-electron chi connectivity index (χ1n) is 6.89. The van der Waals surface area contributed by atoms with Gasteiger partial charge in [0, 0.05) is 58.0 Å². The van der Waals surface area contributed by atoms with Crippen LogP contribution < -0.4 is 20.9 Å². The van der Waals surface area contributed by atoms with E-state index in [1.807, 2.05) is 0 Å². The van der Waals surface area contributed by atoms with Crippen LogP contribution in [0.5, 0.6) is 0 Å². The fourth-order valence-electron chi connectivity index (χ4n) is 2.17. The smallest absolute Gasteiger partial charge is 0.0367 e. The molecule has 4 nitrogen and oxygen atoms in total. The molecule has 0 spiro atoms. The molecular formula is C14H24N4. The molecule has 0 aliphatic carbocycles. The summed E-state index contributed by atoms with van der Waals surface area (Å²) in [5.74, 6) is 0. The van der Waals surface area contributed by atoms with Crippen LogP contribution >= 0.6 is 0 Å². The van der Waals surface area contributed by atoms with Gasteiger partial charge in [-0.15, -0.1) is 0 Å². The molecule has 4 heteroatoms. The number of hydrogen-bond acceptors (Lipinski definition) is 4. The number of hydrogen-bond donors (Lipinski definition) is 3. The summed E-state index contributed by atoms with van der Waals surface area (Å²) in [6.07, 6.45) is 0. The highest BCUT2D eigenvalue weighted by atomic mass is 15.2. The molecule has 0 saturated carbocycles. The van der Waals surface area contributed by atoms with Crippen molar-refractivity contribution in [3.8, 4) is 0 Å². The van der Waals surface area contributed by atoms with E-state index in [0.29, 0.717) is 0 Å². The van der Waals surface area contributed by atoms with Crippen LogP contribution in [0.1, 0.15) is 0 Å². The fourth-order valence-corrected chi connectivity index (χ4v) is 2.17. The average molecular weight is 248 g/mol. The zero-order chi connectivity index (χ0) is 12.5. The molecule has 3 rings (SSSR count). The summed E-state index contributed by atoms with van der Waals surface area (Å²) < 4.78 is 0. The predicted molar refractivity (Wildman–Crippen MR) is 77.3 cm³/mol. The Balaban J connectivity index is 0.000000169. The Hall–Kier alpha value is -1.10. The van der Waals surface area contributed by atoms with Crippen molar-refractivity contribution in [2.75, 3.05) is 57.3 Å². The minimum absolute atomic E-state index is 1.11. The van der Waals surface area contributed by atoms with E-state index in [-0.39, 0.29) is 0 Å². The van der Waals surface area contributed by atoms with Crippen molar-refractivity contribution in [1.82, 2.24) is 16.0 Å². The zero-order valence-electron chi connectivity index (χ0n) is 11.0. The Morgan fingerprint density at radius 2 is 1.17 bits per heavy atom. The molecule has 0 amide bonds. The summed E-state index contributed by atoms with van der Waals surface area (Å²) in [5.41, 5.74) is 1.35. The lowest BCUT2D eigenvalue weighted by Gasteiger charge is -2.29. The third-order valence-electron chi connectivity index (χ3n) is 3.20. The Labute approximate surface area is 110 Å². The van der Waals surface area contributed by atoms with Gasteiger partial charge < -0.3 is 20.9 Å². The van der Waals surface area contributed by atoms with Crippen LogP contribution in [0.25, 0.3) is 0 Å². The maximum Gasteiger partial charge on any atom is 0.0367 e. The molecule has 2 saturated heterocycles. The van der Waals surface area contributed by atoms with Gasteiger partial charge in [0.2, 0.25) is 0 Å². The molecule has 0 aromatic heterocycles. The minimum atomic E-state index is 1.11. The lowest BCUT2D eigenvalue weighted by molar-refractivity contribution is 0.534. The van der Waals surface area contributed by atoms with Crippen LogP contribution in [0.2, 0.25) is 0 Å². The standard InChI is InChI=1S/C10H14N2.C4H10N2/c1-2-4-10(5-3-1)12-8-6-11-7-9-12;1-2-6-4-3-5-1/h1-5,11H,6-9H2;5-6H,1-4H2. The monoisotopic (exact) mass is 248 g/mol. The second-order valence-corrected chi connectivity index (χ2v) is 4.57. The molecule has 2 aliphatic rings. The molecule has 1 aromatic rings. The van der Waals surface area contributed by atoms with Crippen LogP contribution in [-0.2, 0) is 0 Å². The third kappa shape index (κ3) is 4.64. The number of nitrogens with zero attached hydrogens (tertiary/aromatic N) is 1. The van der Waals surface area contributed by atoms with Gasteiger partial charge in [0.1, 0.15) is 0 Å². The first-order chi connectivity index (χ1) is 8.97. The first kappa shape index (κ1) is 13.3. The molecule has 2 aliphatic heterocycles. The van der Waals surface area contributed by atoms with Crippen LogP contribution in [-0.4, -0.2) is 52.4 Å². The van der Waals surface area contributed by atoms with Crippen LogP contribution in [0, 0.1) is 0 Å². The highest BCUT2D eigenvalue weighted by Crippen LogP contribution is 2.12. The second-order valence-electron chi connectivity index (χ2n) is 4.57. The van der Waals surface area contributed by atoms with Crippen molar-refractivity contribution in [3.05, 3.63) is 30.3 Å². The van der Waals surface area contributed by atoms with E-state index in [4.69, 9.17) is 0 Å². The van der Waals surface area contributed by atoms with Crippen molar-refractivity contribution in [2.45, 2.75) is 0 Å². The highest BCUT2D eigenvalue weighted by Gasteiger charge is 2.08. The predicted octanol–water partition coefficient (Wildman–Crippen LogP) is 0.275. The Kier molecular flexibility index (Phi) is 5.99. The molecule has 2 heterocycles. The van der Waals surface area contributed by atoms with Gasteiger partial charge in [0.25, 0.3) is 0 Å². The lowest BCUT2D eigenvalue weighted by Crippen LogP contribution is -2.43. The van der Waals surface area contributed by atoms with E-state index < -0.39 is 0 Å². The highest BCUT2D eigenvalue weighted by molar-refractivity contribution is 5.46. The van der Waals surface area contributed by atoms with Gasteiger partial charge in [-0.2, -0.15) is 0 Å².